The van der Waals surface area contributed by atoms with Crippen molar-refractivity contribution < 1.29 is 4.63 Å². The second-order valence-electron chi connectivity index (χ2n) is 1.83. The predicted molar refractivity (Wildman–Crippen MR) is 41.2 cm³/mol. The van der Waals surface area contributed by atoms with Crippen LogP contribution < -0.4 is 11.2 Å². The molecule has 0 radical (unpaired) electrons. The average molecular weight is 196 g/mol. The number of hydrogen-bond donors (Lipinski definition) is 1. The quantitative estimate of drug-likeness (QED) is 0.404. The zero-order valence-corrected chi connectivity index (χ0v) is 6.93. The SMILES string of the molecule is [N-]=[N+]=Nc1nonc1-c1nnn[n-]1.[NH4+]. The van der Waals surface area contributed by atoms with Gasteiger partial charge in [-0.2, -0.15) is 5.21 Å². The fourth-order valence-corrected chi connectivity index (χ4v) is 0.672. The Morgan fingerprint density at radius 3 is 2.93 bits per heavy atom. The van der Waals surface area contributed by atoms with Gasteiger partial charge >= 0.3 is 0 Å². The van der Waals surface area contributed by atoms with Gasteiger partial charge in [0.25, 0.3) is 0 Å². The highest BCUT2D eigenvalue weighted by atomic mass is 16.6. The van der Waals surface area contributed by atoms with Crippen LogP contribution in [0.1, 0.15) is 0 Å². The molecule has 0 fully saturated rings. The van der Waals surface area contributed by atoms with Crippen molar-refractivity contribution in [1.29, 1.82) is 0 Å². The summed E-state index contributed by atoms with van der Waals surface area (Å²) in [5, 5.41) is 23.4. The molecule has 2 aromatic heterocycles. The van der Waals surface area contributed by atoms with E-state index in [0.29, 0.717) is 0 Å². The molecule has 4 N–H and O–H groups in total. The van der Waals surface area contributed by atoms with Crippen molar-refractivity contribution in [3.05, 3.63) is 10.4 Å². The van der Waals surface area contributed by atoms with Gasteiger partial charge in [0.15, 0.2) is 11.5 Å². The summed E-state index contributed by atoms with van der Waals surface area (Å²) < 4.78 is 4.32. The van der Waals surface area contributed by atoms with Gasteiger partial charge in [-0.25, -0.2) is 4.63 Å². The number of tetrazole rings is 1. The molecular weight excluding hydrogens is 192 g/mol. The van der Waals surface area contributed by atoms with Crippen molar-refractivity contribution in [2.24, 2.45) is 5.11 Å². The van der Waals surface area contributed by atoms with Gasteiger partial charge in [-0.05, 0) is 21.0 Å². The molecule has 0 spiro atoms. The van der Waals surface area contributed by atoms with Crippen LogP contribution in [0, 0.1) is 0 Å². The molecule has 0 atom stereocenters. The largest absolute Gasteiger partial charge is 0.369 e. The van der Waals surface area contributed by atoms with Gasteiger partial charge in [-0.1, -0.05) is 0 Å². The number of hydrogen-bond acceptors (Lipinski definition) is 7. The van der Waals surface area contributed by atoms with Crippen LogP contribution in [-0.4, -0.2) is 25.8 Å². The Hall–Kier alpha value is -2.52. The highest BCUT2D eigenvalue weighted by Gasteiger charge is 2.08. The van der Waals surface area contributed by atoms with E-state index in [4.69, 9.17) is 5.53 Å². The van der Waals surface area contributed by atoms with Crippen LogP contribution in [0.3, 0.4) is 0 Å². The Bertz CT molecular complexity index is 436. The minimum Gasteiger partial charge on any atom is -0.369 e. The summed E-state index contributed by atoms with van der Waals surface area (Å²) in [6.07, 6.45) is 0. The maximum absolute atomic E-state index is 8.14. The lowest BCUT2D eigenvalue weighted by molar-refractivity contribution is 0.309. The van der Waals surface area contributed by atoms with Crippen molar-refractivity contribution in [3.63, 3.8) is 0 Å². The van der Waals surface area contributed by atoms with Gasteiger partial charge in [0.2, 0.25) is 0 Å². The summed E-state index contributed by atoms with van der Waals surface area (Å²) in [7, 11) is 0. The predicted octanol–water partition coefficient (Wildman–Crippen LogP) is 0.197. The maximum atomic E-state index is 8.14. The van der Waals surface area contributed by atoms with E-state index in [1.165, 1.54) is 0 Å². The smallest absolute Gasteiger partial charge is 0.199 e. The van der Waals surface area contributed by atoms with Crippen LogP contribution in [0.15, 0.2) is 9.74 Å². The Balaban J connectivity index is 0.000000980. The number of nitrogens with zero attached hydrogens (tertiary/aromatic N) is 9. The van der Waals surface area contributed by atoms with Gasteiger partial charge < -0.3 is 11.2 Å². The second kappa shape index (κ2) is 3.93. The molecule has 2 rings (SSSR count). The summed E-state index contributed by atoms with van der Waals surface area (Å²) in [5.41, 5.74) is 8.25. The summed E-state index contributed by atoms with van der Waals surface area (Å²) in [5.74, 6) is 0.0564. The fourth-order valence-electron chi connectivity index (χ4n) is 0.672. The molecule has 14 heavy (non-hydrogen) atoms. The summed E-state index contributed by atoms with van der Waals surface area (Å²) in [6, 6.07) is 0. The highest BCUT2D eigenvalue weighted by molar-refractivity contribution is 5.60. The molecule has 2 heterocycles. The number of rotatable bonds is 2. The minimum atomic E-state index is -0.0442. The third-order valence-corrected chi connectivity index (χ3v) is 1.14. The first-order chi connectivity index (χ1) is 6.42. The van der Waals surface area contributed by atoms with Gasteiger partial charge in [-0.15, -0.1) is 0 Å². The molecule has 2 aromatic rings. The van der Waals surface area contributed by atoms with Gasteiger partial charge in [0, 0.05) is 4.91 Å². The molecule has 0 aliphatic rings. The topological polar surface area (TPSA) is 177 Å². The Morgan fingerprint density at radius 2 is 2.29 bits per heavy atom. The first-order valence-electron chi connectivity index (χ1n) is 2.98. The molecular formula is C3H4N10O. The zero-order valence-electron chi connectivity index (χ0n) is 6.93. The van der Waals surface area contributed by atoms with Gasteiger partial charge in [0.1, 0.15) is 0 Å². The third kappa shape index (κ3) is 1.48. The van der Waals surface area contributed by atoms with Crippen molar-refractivity contribution in [2.45, 2.75) is 0 Å². The molecule has 0 aliphatic carbocycles. The summed E-state index contributed by atoms with van der Waals surface area (Å²) >= 11 is 0. The van der Waals surface area contributed by atoms with E-state index >= 15 is 0 Å². The van der Waals surface area contributed by atoms with Crippen molar-refractivity contribution >= 4 is 5.82 Å². The zero-order chi connectivity index (χ0) is 9.10. The number of aromatic nitrogens is 6. The van der Waals surface area contributed by atoms with E-state index in [1.54, 1.807) is 0 Å². The van der Waals surface area contributed by atoms with Crippen LogP contribution in [0.2, 0.25) is 0 Å². The number of quaternary nitrogens is 1. The normalized spacial score (nSPS) is 8.86. The van der Waals surface area contributed by atoms with Crippen LogP contribution in [0.5, 0.6) is 0 Å². The summed E-state index contributed by atoms with van der Waals surface area (Å²) in [4.78, 5) is 2.51. The second-order valence-corrected chi connectivity index (χ2v) is 1.83. The van der Waals surface area contributed by atoms with Crippen molar-refractivity contribution in [1.82, 2.24) is 37.1 Å². The molecule has 0 saturated heterocycles. The molecule has 0 bridgehead atoms. The lowest BCUT2D eigenvalue weighted by atomic mass is 10.4. The Kier molecular flexibility index (Phi) is 2.69. The minimum absolute atomic E-state index is 0. The molecule has 72 valence electrons. The van der Waals surface area contributed by atoms with Crippen LogP contribution in [-0.2, 0) is 0 Å². The van der Waals surface area contributed by atoms with Crippen molar-refractivity contribution in [3.8, 4) is 11.5 Å². The first-order valence-corrected chi connectivity index (χ1v) is 2.98. The Labute approximate surface area is 75.7 Å². The molecule has 0 aliphatic heterocycles. The van der Waals surface area contributed by atoms with E-state index in [-0.39, 0.29) is 23.5 Å². The fraction of sp³-hybridized carbons (Fsp3) is 0. The maximum Gasteiger partial charge on any atom is 0.199 e. The molecule has 11 heteroatoms. The van der Waals surface area contributed by atoms with E-state index in [0.717, 1.165) is 0 Å². The van der Waals surface area contributed by atoms with Gasteiger partial charge in [0.05, 0.1) is 5.82 Å². The highest BCUT2D eigenvalue weighted by Crippen LogP contribution is 2.21. The lowest BCUT2D eigenvalue weighted by Gasteiger charge is -1.89. The summed E-state index contributed by atoms with van der Waals surface area (Å²) in [6.45, 7) is 0. The average Bonchev–Trinajstić information content (AvgIpc) is 2.71. The molecule has 11 nitrogen and oxygen atoms in total. The lowest BCUT2D eigenvalue weighted by Crippen LogP contribution is -1.82. The standard InChI is InChI=1S/C3N9O.H3N/c4-10-5-3-1(8-13-9-3)2-6-11-12-7-2;/h;1H3/q-1;/p+1. The third-order valence-electron chi connectivity index (χ3n) is 1.14. The molecule has 0 aromatic carbocycles. The van der Waals surface area contributed by atoms with E-state index in [1.807, 2.05) is 0 Å². The van der Waals surface area contributed by atoms with Crippen LogP contribution >= 0.6 is 0 Å². The number of azide groups is 1. The van der Waals surface area contributed by atoms with Gasteiger partial charge in [-0.3, -0.25) is 10.3 Å². The first kappa shape index (κ1) is 9.57. The molecule has 0 unspecified atom stereocenters. The monoisotopic (exact) mass is 196 g/mol. The van der Waals surface area contributed by atoms with Crippen molar-refractivity contribution in [2.75, 3.05) is 0 Å². The molecule has 0 amide bonds. The van der Waals surface area contributed by atoms with E-state index in [9.17, 15) is 0 Å². The molecule has 0 saturated carbocycles. The van der Waals surface area contributed by atoms with E-state index < -0.39 is 0 Å². The Morgan fingerprint density at radius 1 is 1.43 bits per heavy atom. The van der Waals surface area contributed by atoms with Crippen LogP contribution in [0.4, 0.5) is 5.82 Å². The van der Waals surface area contributed by atoms with Crippen LogP contribution in [0.25, 0.3) is 22.0 Å². The van der Waals surface area contributed by atoms with E-state index in [2.05, 4.69) is 45.6 Å².